The van der Waals surface area contributed by atoms with Crippen molar-refractivity contribution in [1.82, 2.24) is 4.90 Å². The third-order valence-corrected chi connectivity index (χ3v) is 3.85. The van der Waals surface area contributed by atoms with Gasteiger partial charge in [-0.2, -0.15) is 0 Å². The summed E-state index contributed by atoms with van der Waals surface area (Å²) in [6, 6.07) is 0.529. The van der Waals surface area contributed by atoms with Gasteiger partial charge in [-0.3, -0.25) is 4.90 Å². The van der Waals surface area contributed by atoms with Gasteiger partial charge < -0.3 is 4.74 Å². The zero-order valence-corrected chi connectivity index (χ0v) is 10.0. The summed E-state index contributed by atoms with van der Waals surface area (Å²) in [6.45, 7) is 7.61. The lowest BCUT2D eigenvalue weighted by Crippen LogP contribution is -2.45. The minimum absolute atomic E-state index is 0.0170. The standard InChI is InChI=1S/C12H22FNO/c1-9(2)15-8-12-5-4-10(3)14(12)7-11(13)6-12/h9-11H,4-8H2,1-3H3/t10?,11-,12?/m1/s1. The summed E-state index contributed by atoms with van der Waals surface area (Å²) >= 11 is 0. The summed E-state index contributed by atoms with van der Waals surface area (Å²) < 4.78 is 19.2. The van der Waals surface area contributed by atoms with Crippen molar-refractivity contribution in [2.75, 3.05) is 13.2 Å². The van der Waals surface area contributed by atoms with Crippen LogP contribution in [0.1, 0.15) is 40.0 Å². The van der Waals surface area contributed by atoms with Gasteiger partial charge in [-0.1, -0.05) is 0 Å². The van der Waals surface area contributed by atoms with Crippen LogP contribution in [0.25, 0.3) is 0 Å². The molecule has 2 unspecified atom stereocenters. The van der Waals surface area contributed by atoms with Gasteiger partial charge in [0.25, 0.3) is 0 Å². The highest BCUT2D eigenvalue weighted by Gasteiger charge is 2.51. The molecule has 3 atom stereocenters. The molecule has 88 valence electrons. The molecule has 0 radical (unpaired) electrons. The Kier molecular flexibility index (Phi) is 3.04. The van der Waals surface area contributed by atoms with Crippen molar-refractivity contribution in [2.45, 2.75) is 63.9 Å². The van der Waals surface area contributed by atoms with Crippen LogP contribution in [0, 0.1) is 0 Å². The van der Waals surface area contributed by atoms with Gasteiger partial charge in [0.2, 0.25) is 0 Å². The minimum atomic E-state index is -0.650. The highest BCUT2D eigenvalue weighted by atomic mass is 19.1. The summed E-state index contributed by atoms with van der Waals surface area (Å²) in [5.74, 6) is 0. The van der Waals surface area contributed by atoms with Crippen LogP contribution in [-0.4, -0.2) is 41.9 Å². The summed E-state index contributed by atoms with van der Waals surface area (Å²) in [6.07, 6.45) is 2.55. The topological polar surface area (TPSA) is 12.5 Å². The number of alkyl halides is 1. The molecule has 0 aromatic rings. The molecule has 0 aliphatic carbocycles. The largest absolute Gasteiger partial charge is 0.377 e. The van der Waals surface area contributed by atoms with Crippen molar-refractivity contribution in [1.29, 1.82) is 0 Å². The molecular weight excluding hydrogens is 193 g/mol. The quantitative estimate of drug-likeness (QED) is 0.716. The summed E-state index contributed by atoms with van der Waals surface area (Å²) in [4.78, 5) is 2.33. The molecule has 0 amide bonds. The fraction of sp³-hybridized carbons (Fsp3) is 1.00. The monoisotopic (exact) mass is 215 g/mol. The van der Waals surface area contributed by atoms with Crippen molar-refractivity contribution < 1.29 is 9.13 Å². The molecule has 2 aliphatic rings. The molecule has 0 spiro atoms. The lowest BCUT2D eigenvalue weighted by Gasteiger charge is -2.34. The summed E-state index contributed by atoms with van der Waals surface area (Å²) in [5.41, 5.74) is 0.0170. The molecular formula is C12H22FNO. The Bertz CT molecular complexity index is 234. The van der Waals surface area contributed by atoms with E-state index >= 15 is 0 Å². The van der Waals surface area contributed by atoms with Crippen LogP contribution >= 0.6 is 0 Å². The number of ether oxygens (including phenoxy) is 1. The second-order valence-corrected chi connectivity index (χ2v) is 5.43. The Morgan fingerprint density at radius 1 is 1.53 bits per heavy atom. The number of nitrogens with zero attached hydrogens (tertiary/aromatic N) is 1. The molecule has 15 heavy (non-hydrogen) atoms. The van der Waals surface area contributed by atoms with Crippen LogP contribution in [0.2, 0.25) is 0 Å². The molecule has 2 rings (SSSR count). The first-order valence-corrected chi connectivity index (χ1v) is 6.06. The van der Waals surface area contributed by atoms with E-state index in [1.54, 1.807) is 0 Å². The van der Waals surface area contributed by atoms with E-state index < -0.39 is 6.17 Å². The zero-order chi connectivity index (χ0) is 11.1. The van der Waals surface area contributed by atoms with Gasteiger partial charge in [0, 0.05) is 24.5 Å². The van der Waals surface area contributed by atoms with Crippen molar-refractivity contribution >= 4 is 0 Å². The maximum Gasteiger partial charge on any atom is 0.115 e. The third kappa shape index (κ3) is 2.04. The zero-order valence-electron chi connectivity index (χ0n) is 10.0. The number of halogens is 1. The summed E-state index contributed by atoms with van der Waals surface area (Å²) in [7, 11) is 0. The SMILES string of the molecule is CC(C)OCC12CCC(C)N1C[C@H](F)C2. The normalized spacial score (nSPS) is 41.4. The maximum atomic E-state index is 13.5. The molecule has 0 bridgehead atoms. The molecule has 2 aliphatic heterocycles. The predicted molar refractivity (Wildman–Crippen MR) is 58.7 cm³/mol. The Balaban J connectivity index is 2.04. The fourth-order valence-corrected chi connectivity index (χ4v) is 3.06. The lowest BCUT2D eigenvalue weighted by atomic mass is 9.94. The smallest absolute Gasteiger partial charge is 0.115 e. The van der Waals surface area contributed by atoms with Gasteiger partial charge in [-0.05, 0) is 33.6 Å². The average molecular weight is 215 g/mol. The second-order valence-electron chi connectivity index (χ2n) is 5.43. The van der Waals surface area contributed by atoms with E-state index in [1.165, 1.54) is 6.42 Å². The molecule has 0 saturated carbocycles. The molecule has 0 N–H and O–H groups in total. The van der Waals surface area contributed by atoms with Crippen LogP contribution in [0.15, 0.2) is 0 Å². The predicted octanol–water partition coefficient (Wildman–Crippen LogP) is 2.38. The van der Waals surface area contributed by atoms with Crippen molar-refractivity contribution in [3.63, 3.8) is 0 Å². The van der Waals surface area contributed by atoms with Crippen molar-refractivity contribution in [2.24, 2.45) is 0 Å². The van der Waals surface area contributed by atoms with E-state index in [-0.39, 0.29) is 11.6 Å². The molecule has 3 heteroatoms. The third-order valence-electron chi connectivity index (χ3n) is 3.85. The summed E-state index contributed by atoms with van der Waals surface area (Å²) in [5, 5.41) is 0. The van der Waals surface area contributed by atoms with Gasteiger partial charge >= 0.3 is 0 Å². The number of hydrogen-bond donors (Lipinski definition) is 0. The Hall–Kier alpha value is -0.150. The number of fused-ring (bicyclic) bond motifs is 1. The number of hydrogen-bond acceptors (Lipinski definition) is 2. The molecule has 2 heterocycles. The Morgan fingerprint density at radius 2 is 2.27 bits per heavy atom. The van der Waals surface area contributed by atoms with Crippen LogP contribution in [0.3, 0.4) is 0 Å². The van der Waals surface area contributed by atoms with E-state index in [4.69, 9.17) is 4.74 Å². The highest BCUT2D eigenvalue weighted by Crippen LogP contribution is 2.43. The van der Waals surface area contributed by atoms with Crippen molar-refractivity contribution in [3.05, 3.63) is 0 Å². The Labute approximate surface area is 91.8 Å². The fourth-order valence-electron chi connectivity index (χ4n) is 3.06. The maximum absolute atomic E-state index is 13.5. The highest BCUT2D eigenvalue weighted by molar-refractivity contribution is 5.06. The lowest BCUT2D eigenvalue weighted by molar-refractivity contribution is -0.00371. The van der Waals surface area contributed by atoms with Crippen LogP contribution in [-0.2, 0) is 4.74 Å². The molecule has 2 nitrogen and oxygen atoms in total. The average Bonchev–Trinajstić information content (AvgIpc) is 2.62. The molecule has 0 aromatic heterocycles. The van der Waals surface area contributed by atoms with Crippen LogP contribution in [0.5, 0.6) is 0 Å². The van der Waals surface area contributed by atoms with Gasteiger partial charge in [0.05, 0.1) is 12.7 Å². The Morgan fingerprint density at radius 3 is 2.93 bits per heavy atom. The van der Waals surface area contributed by atoms with Crippen LogP contribution in [0.4, 0.5) is 4.39 Å². The number of rotatable bonds is 3. The minimum Gasteiger partial charge on any atom is -0.377 e. The van der Waals surface area contributed by atoms with E-state index in [1.807, 2.05) is 13.8 Å². The van der Waals surface area contributed by atoms with Gasteiger partial charge in [0.1, 0.15) is 6.17 Å². The van der Waals surface area contributed by atoms with E-state index in [9.17, 15) is 4.39 Å². The van der Waals surface area contributed by atoms with E-state index in [2.05, 4.69) is 11.8 Å². The van der Waals surface area contributed by atoms with Gasteiger partial charge in [-0.25, -0.2) is 4.39 Å². The molecule has 0 aromatic carbocycles. The van der Waals surface area contributed by atoms with Gasteiger partial charge in [-0.15, -0.1) is 0 Å². The second kappa shape index (κ2) is 4.02. The first-order valence-electron chi connectivity index (χ1n) is 6.06. The molecule has 2 saturated heterocycles. The van der Waals surface area contributed by atoms with Crippen LogP contribution < -0.4 is 0 Å². The van der Waals surface area contributed by atoms with E-state index in [0.29, 0.717) is 25.6 Å². The first-order chi connectivity index (χ1) is 7.03. The first kappa shape index (κ1) is 11.3. The van der Waals surface area contributed by atoms with E-state index in [0.717, 1.165) is 6.42 Å². The van der Waals surface area contributed by atoms with Gasteiger partial charge in [0.15, 0.2) is 0 Å². The molecule has 2 fully saturated rings. The van der Waals surface area contributed by atoms with Crippen molar-refractivity contribution in [3.8, 4) is 0 Å².